The maximum atomic E-state index is 13.0. The van der Waals surface area contributed by atoms with Crippen molar-refractivity contribution < 1.29 is 13.2 Å². The second-order valence-electron chi connectivity index (χ2n) is 5.66. The Labute approximate surface area is 112 Å². The maximum absolute atomic E-state index is 13.0. The third-order valence-electron chi connectivity index (χ3n) is 4.06. The monoisotopic (exact) mass is 277 g/mol. The van der Waals surface area contributed by atoms with Gasteiger partial charge in [-0.2, -0.15) is 13.2 Å². The van der Waals surface area contributed by atoms with Gasteiger partial charge in [0, 0.05) is 44.3 Å². The molecule has 0 amide bonds. The molecule has 2 rings (SSSR count). The number of nitrogens with two attached hydrogens (primary N) is 1. The lowest BCUT2D eigenvalue weighted by Crippen LogP contribution is -2.45. The molecule has 2 aliphatic rings. The molecular formula is C13H22F3N3. The van der Waals surface area contributed by atoms with Gasteiger partial charge in [0.2, 0.25) is 0 Å². The topological polar surface area (TPSA) is 32.5 Å². The molecule has 0 radical (unpaired) electrons. The molecule has 2 N–H and O–H groups in total. The molecular weight excluding hydrogens is 255 g/mol. The van der Waals surface area contributed by atoms with Crippen LogP contribution in [-0.4, -0.2) is 61.8 Å². The molecule has 19 heavy (non-hydrogen) atoms. The van der Waals surface area contributed by atoms with Crippen molar-refractivity contribution in [3.8, 4) is 0 Å². The molecule has 1 atom stereocenters. The van der Waals surface area contributed by atoms with Crippen molar-refractivity contribution in [3.05, 3.63) is 11.1 Å². The Morgan fingerprint density at radius 2 is 1.84 bits per heavy atom. The van der Waals surface area contributed by atoms with Gasteiger partial charge in [-0.3, -0.25) is 4.90 Å². The molecule has 1 fully saturated rings. The Bertz CT molecular complexity index is 344. The van der Waals surface area contributed by atoms with E-state index in [2.05, 4.69) is 9.80 Å². The van der Waals surface area contributed by atoms with Crippen LogP contribution in [-0.2, 0) is 0 Å². The van der Waals surface area contributed by atoms with Gasteiger partial charge in [-0.1, -0.05) is 0 Å². The van der Waals surface area contributed by atoms with E-state index in [1.165, 1.54) is 0 Å². The molecule has 0 aromatic heterocycles. The van der Waals surface area contributed by atoms with Crippen LogP contribution in [0.4, 0.5) is 13.2 Å². The molecule has 1 saturated heterocycles. The van der Waals surface area contributed by atoms with Crippen LogP contribution >= 0.6 is 0 Å². The Morgan fingerprint density at radius 3 is 2.42 bits per heavy atom. The summed E-state index contributed by atoms with van der Waals surface area (Å²) in [7, 11) is 2.04. The van der Waals surface area contributed by atoms with Gasteiger partial charge < -0.3 is 10.6 Å². The van der Waals surface area contributed by atoms with Crippen LogP contribution in [0.3, 0.4) is 0 Å². The van der Waals surface area contributed by atoms with E-state index < -0.39 is 6.18 Å². The molecule has 110 valence electrons. The smallest absolute Gasteiger partial charge is 0.327 e. The fourth-order valence-corrected chi connectivity index (χ4v) is 2.79. The van der Waals surface area contributed by atoms with E-state index in [4.69, 9.17) is 5.73 Å². The van der Waals surface area contributed by atoms with E-state index >= 15 is 0 Å². The maximum Gasteiger partial charge on any atom is 0.412 e. The summed E-state index contributed by atoms with van der Waals surface area (Å²) >= 11 is 0. The van der Waals surface area contributed by atoms with Gasteiger partial charge in [-0.15, -0.1) is 0 Å². The van der Waals surface area contributed by atoms with E-state index in [0.29, 0.717) is 25.0 Å². The molecule has 0 bridgehead atoms. The normalized spacial score (nSPS) is 27.9. The van der Waals surface area contributed by atoms with Gasteiger partial charge in [-0.25, -0.2) is 0 Å². The zero-order chi connectivity index (χ0) is 14.0. The summed E-state index contributed by atoms with van der Waals surface area (Å²) in [5.74, 6) is 0. The third-order valence-corrected chi connectivity index (χ3v) is 4.06. The number of halogens is 3. The van der Waals surface area contributed by atoms with Crippen molar-refractivity contribution in [2.75, 3.05) is 39.8 Å². The molecule has 0 aromatic carbocycles. The highest BCUT2D eigenvalue weighted by Crippen LogP contribution is 2.37. The molecule has 0 saturated carbocycles. The summed E-state index contributed by atoms with van der Waals surface area (Å²) in [6.45, 7) is 3.99. The van der Waals surface area contributed by atoms with Crippen LogP contribution in [0.1, 0.15) is 19.3 Å². The van der Waals surface area contributed by atoms with E-state index in [1.54, 1.807) is 0 Å². The minimum Gasteiger partial charge on any atom is -0.327 e. The predicted octanol–water partition coefficient (Wildman–Crippen LogP) is 1.60. The highest BCUT2D eigenvalue weighted by Gasteiger charge is 2.38. The van der Waals surface area contributed by atoms with Gasteiger partial charge in [-0.05, 0) is 31.9 Å². The van der Waals surface area contributed by atoms with Crippen LogP contribution < -0.4 is 5.73 Å². The lowest BCUT2D eigenvalue weighted by Gasteiger charge is -2.35. The summed E-state index contributed by atoms with van der Waals surface area (Å²) in [5.41, 5.74) is 5.87. The van der Waals surface area contributed by atoms with Crippen molar-refractivity contribution >= 4 is 0 Å². The summed E-state index contributed by atoms with van der Waals surface area (Å²) in [5, 5.41) is 0. The van der Waals surface area contributed by atoms with Gasteiger partial charge in [0.25, 0.3) is 0 Å². The Balaban J connectivity index is 2.06. The van der Waals surface area contributed by atoms with Crippen molar-refractivity contribution in [1.29, 1.82) is 0 Å². The number of alkyl halides is 3. The molecule has 1 unspecified atom stereocenters. The molecule has 1 aliphatic heterocycles. The van der Waals surface area contributed by atoms with Gasteiger partial charge in [0.15, 0.2) is 0 Å². The lowest BCUT2D eigenvalue weighted by molar-refractivity contribution is -0.0968. The Kier molecular flexibility index (Phi) is 4.53. The van der Waals surface area contributed by atoms with Crippen molar-refractivity contribution in [2.45, 2.75) is 31.5 Å². The Morgan fingerprint density at radius 1 is 1.21 bits per heavy atom. The van der Waals surface area contributed by atoms with E-state index in [0.717, 1.165) is 26.2 Å². The highest BCUT2D eigenvalue weighted by atomic mass is 19.4. The van der Waals surface area contributed by atoms with Crippen LogP contribution in [0, 0.1) is 0 Å². The first-order chi connectivity index (χ1) is 8.86. The van der Waals surface area contributed by atoms with Crippen molar-refractivity contribution in [3.63, 3.8) is 0 Å². The van der Waals surface area contributed by atoms with E-state index in [9.17, 15) is 13.2 Å². The molecule has 1 aliphatic carbocycles. The largest absolute Gasteiger partial charge is 0.412 e. The quantitative estimate of drug-likeness (QED) is 0.778. The van der Waals surface area contributed by atoms with E-state index in [1.807, 2.05) is 7.05 Å². The lowest BCUT2D eigenvalue weighted by atomic mass is 9.88. The zero-order valence-corrected chi connectivity index (χ0v) is 11.3. The Hall–Kier alpha value is -0.590. The SMILES string of the molecule is CN1CCN(CC2=C(C(F)(F)F)CC(N)CC2)CC1. The first-order valence-corrected chi connectivity index (χ1v) is 6.81. The molecule has 3 nitrogen and oxygen atoms in total. The number of likely N-dealkylation sites (N-methyl/N-ethyl adjacent to an activating group) is 1. The highest BCUT2D eigenvalue weighted by molar-refractivity contribution is 5.24. The molecule has 6 heteroatoms. The fourth-order valence-electron chi connectivity index (χ4n) is 2.79. The number of nitrogens with zero attached hydrogens (tertiary/aromatic N) is 2. The molecule has 0 spiro atoms. The van der Waals surface area contributed by atoms with Gasteiger partial charge in [0.05, 0.1) is 0 Å². The van der Waals surface area contributed by atoms with Crippen LogP contribution in [0.5, 0.6) is 0 Å². The second-order valence-corrected chi connectivity index (χ2v) is 5.66. The minimum atomic E-state index is -4.22. The number of piperazine rings is 1. The minimum absolute atomic E-state index is 0.0213. The standard InChI is InChI=1S/C13H22F3N3/c1-18-4-6-19(7-5-18)9-10-2-3-11(17)8-12(10)13(14,15)16/h11H,2-9,17H2,1H3. The van der Waals surface area contributed by atoms with Crippen molar-refractivity contribution in [2.24, 2.45) is 5.73 Å². The van der Waals surface area contributed by atoms with E-state index in [-0.39, 0.29) is 18.0 Å². The molecule has 0 aromatic rings. The van der Waals surface area contributed by atoms with Gasteiger partial charge >= 0.3 is 6.18 Å². The second kappa shape index (κ2) is 5.81. The predicted molar refractivity (Wildman–Crippen MR) is 68.8 cm³/mol. The number of rotatable bonds is 2. The first kappa shape index (κ1) is 14.8. The number of hydrogen-bond acceptors (Lipinski definition) is 3. The molecule has 1 heterocycles. The summed E-state index contributed by atoms with van der Waals surface area (Å²) in [6, 6.07) is -0.340. The third kappa shape index (κ3) is 3.94. The number of hydrogen-bond donors (Lipinski definition) is 1. The van der Waals surface area contributed by atoms with Crippen molar-refractivity contribution in [1.82, 2.24) is 9.80 Å². The first-order valence-electron chi connectivity index (χ1n) is 6.81. The van der Waals surface area contributed by atoms with Gasteiger partial charge in [0.1, 0.15) is 0 Å². The average Bonchev–Trinajstić information content (AvgIpc) is 2.33. The summed E-state index contributed by atoms with van der Waals surface area (Å²) in [4.78, 5) is 4.32. The van der Waals surface area contributed by atoms with Crippen LogP contribution in [0.15, 0.2) is 11.1 Å². The average molecular weight is 277 g/mol. The van der Waals surface area contributed by atoms with Crippen LogP contribution in [0.2, 0.25) is 0 Å². The summed E-state index contributed by atoms with van der Waals surface area (Å²) in [6.07, 6.45) is -3.09. The summed E-state index contributed by atoms with van der Waals surface area (Å²) < 4.78 is 39.1. The zero-order valence-electron chi connectivity index (χ0n) is 11.3. The fraction of sp³-hybridized carbons (Fsp3) is 0.846. The van der Waals surface area contributed by atoms with Crippen LogP contribution in [0.25, 0.3) is 0 Å².